The number of hydrogen-bond donors (Lipinski definition) is 0. The zero-order chi connectivity index (χ0) is 19.7. The van der Waals surface area contributed by atoms with E-state index >= 15 is 0 Å². The molecule has 3 saturated heterocycles. The van der Waals surface area contributed by atoms with Crippen LogP contribution < -0.4 is 0 Å². The molecule has 4 aliphatic rings. The van der Waals surface area contributed by atoms with Gasteiger partial charge in [-0.1, -0.05) is 74.1 Å². The van der Waals surface area contributed by atoms with Crippen LogP contribution in [0.3, 0.4) is 0 Å². The lowest BCUT2D eigenvalue weighted by Gasteiger charge is -2.20. The first-order valence-electron chi connectivity index (χ1n) is 12.1. The number of nitrogens with zero attached hydrogens (tertiary/aromatic N) is 3. The van der Waals surface area contributed by atoms with Crippen LogP contribution in [0.15, 0.2) is 0 Å². The van der Waals surface area contributed by atoms with Gasteiger partial charge in [0.05, 0.1) is 0 Å². The molecule has 3 heteroatoms. The Labute approximate surface area is 194 Å². The second kappa shape index (κ2) is 23.5. The van der Waals surface area contributed by atoms with Crippen LogP contribution in [-0.4, -0.2) is 75.1 Å². The van der Waals surface area contributed by atoms with Gasteiger partial charge < -0.3 is 14.7 Å². The molecule has 4 rings (SSSR count). The van der Waals surface area contributed by atoms with Crippen molar-refractivity contribution in [3.63, 3.8) is 0 Å². The monoisotopic (exact) mass is 430 g/mol. The molecule has 0 aromatic rings. The Morgan fingerprint density at radius 3 is 0.767 bits per heavy atom. The van der Waals surface area contributed by atoms with Gasteiger partial charge in [0.25, 0.3) is 0 Å². The van der Waals surface area contributed by atoms with Crippen molar-refractivity contribution in [2.24, 2.45) is 5.92 Å². The first-order chi connectivity index (χ1) is 13.1. The minimum Gasteiger partial charge on any atom is -0.306 e. The molecule has 0 N–H and O–H groups in total. The highest BCUT2D eigenvalue weighted by Gasteiger charge is 2.06. The summed E-state index contributed by atoms with van der Waals surface area (Å²) in [5.74, 6) is 1.04. The van der Waals surface area contributed by atoms with Crippen LogP contribution >= 0.6 is 0 Å². The summed E-state index contributed by atoms with van der Waals surface area (Å²) in [6, 6.07) is 0. The number of piperidine rings is 2. The van der Waals surface area contributed by atoms with Gasteiger partial charge in [0.2, 0.25) is 0 Å². The van der Waals surface area contributed by atoms with E-state index in [9.17, 15) is 0 Å². The van der Waals surface area contributed by atoms with Crippen LogP contribution in [0, 0.1) is 5.92 Å². The average Bonchev–Trinajstić information content (AvgIpc) is 3.16. The maximum absolute atomic E-state index is 2.39. The molecule has 0 unspecified atom stereocenters. The van der Waals surface area contributed by atoms with Crippen LogP contribution in [0.1, 0.15) is 113 Å². The van der Waals surface area contributed by atoms with Gasteiger partial charge in [0.1, 0.15) is 0 Å². The third-order valence-corrected chi connectivity index (χ3v) is 6.38. The van der Waals surface area contributed by atoms with Gasteiger partial charge in [-0.15, -0.1) is 0 Å². The summed E-state index contributed by atoms with van der Waals surface area (Å²) in [6.07, 6.45) is 18.8. The predicted molar refractivity (Wildman–Crippen MR) is 142 cm³/mol. The molecule has 0 atom stereocenters. The molecule has 0 aromatic heterocycles. The van der Waals surface area contributed by atoms with Gasteiger partial charge >= 0.3 is 0 Å². The van der Waals surface area contributed by atoms with Crippen LogP contribution in [0.2, 0.25) is 0 Å². The summed E-state index contributed by atoms with van der Waals surface area (Å²) >= 11 is 0. The standard InChI is InChI=1S/C7H14.2C6H13N.C5H11N.3CH4/c3*1-7-5-3-2-4-6-7;1-6-4-2-3-5-6;;;/h7H,2-6H2,1H3;2*2-6H2,1H3;2-5H2,1H3;3*1H4. The molecule has 0 amide bonds. The quantitative estimate of drug-likeness (QED) is 0.397. The van der Waals surface area contributed by atoms with Crippen molar-refractivity contribution >= 4 is 0 Å². The molecule has 186 valence electrons. The van der Waals surface area contributed by atoms with E-state index in [1.807, 2.05) is 0 Å². The first-order valence-corrected chi connectivity index (χ1v) is 12.1. The van der Waals surface area contributed by atoms with Crippen LogP contribution in [0.4, 0.5) is 0 Å². The minimum absolute atomic E-state index is 0. The Morgan fingerprint density at radius 2 is 0.633 bits per heavy atom. The summed E-state index contributed by atoms with van der Waals surface area (Å²) in [7, 11) is 6.56. The molecule has 0 aromatic carbocycles. The van der Waals surface area contributed by atoms with E-state index in [2.05, 4.69) is 42.8 Å². The van der Waals surface area contributed by atoms with Gasteiger partial charge in [-0.3, -0.25) is 0 Å². The Balaban J connectivity index is -0.000000314. The van der Waals surface area contributed by atoms with Crippen molar-refractivity contribution < 1.29 is 0 Å². The van der Waals surface area contributed by atoms with Gasteiger partial charge in [-0.05, 0) is 105 Å². The second-order valence-corrected chi connectivity index (χ2v) is 9.48. The number of hydrogen-bond acceptors (Lipinski definition) is 3. The fourth-order valence-electron chi connectivity index (χ4n) is 4.29. The molecular formula is C27H63N3. The molecule has 0 spiro atoms. The molecule has 0 radical (unpaired) electrons. The summed E-state index contributed by atoms with van der Waals surface area (Å²) in [5.41, 5.74) is 0. The van der Waals surface area contributed by atoms with Crippen molar-refractivity contribution in [3.8, 4) is 0 Å². The maximum atomic E-state index is 2.39. The molecule has 1 saturated carbocycles. The van der Waals surface area contributed by atoms with Gasteiger partial charge in [0.15, 0.2) is 0 Å². The molecule has 0 bridgehead atoms. The van der Waals surface area contributed by atoms with E-state index in [0.29, 0.717) is 0 Å². The largest absolute Gasteiger partial charge is 0.306 e. The van der Waals surface area contributed by atoms with E-state index in [4.69, 9.17) is 0 Å². The van der Waals surface area contributed by atoms with Crippen molar-refractivity contribution in [2.45, 2.75) is 113 Å². The topological polar surface area (TPSA) is 9.72 Å². The number of rotatable bonds is 0. The summed E-state index contributed by atoms with van der Waals surface area (Å²) in [4.78, 5) is 7.15. The highest BCUT2D eigenvalue weighted by molar-refractivity contribution is 4.60. The fourth-order valence-corrected chi connectivity index (χ4v) is 4.29. The minimum atomic E-state index is 0. The van der Waals surface area contributed by atoms with Crippen molar-refractivity contribution in [3.05, 3.63) is 0 Å². The highest BCUT2D eigenvalue weighted by atomic mass is 15.1. The Kier molecular flexibility index (Phi) is 27.1. The van der Waals surface area contributed by atoms with E-state index in [1.54, 1.807) is 0 Å². The first kappa shape index (κ1) is 34.5. The normalized spacial score (nSPS) is 22.8. The fraction of sp³-hybridized carbons (Fsp3) is 1.00. The van der Waals surface area contributed by atoms with Gasteiger partial charge in [0, 0.05) is 0 Å². The molecule has 1 aliphatic carbocycles. The molecule has 3 heterocycles. The van der Waals surface area contributed by atoms with E-state index in [1.165, 1.54) is 123 Å². The van der Waals surface area contributed by atoms with Crippen LogP contribution in [-0.2, 0) is 0 Å². The van der Waals surface area contributed by atoms with Crippen molar-refractivity contribution in [1.82, 2.24) is 14.7 Å². The lowest BCUT2D eigenvalue weighted by molar-refractivity contribution is 0.277. The molecular weight excluding hydrogens is 366 g/mol. The average molecular weight is 430 g/mol. The van der Waals surface area contributed by atoms with Crippen molar-refractivity contribution in [2.75, 3.05) is 60.4 Å². The molecule has 30 heavy (non-hydrogen) atoms. The lowest BCUT2D eigenvalue weighted by Crippen LogP contribution is -2.24. The van der Waals surface area contributed by atoms with E-state index < -0.39 is 0 Å². The number of likely N-dealkylation sites (tertiary alicyclic amines) is 3. The third kappa shape index (κ3) is 21.1. The molecule has 3 aliphatic heterocycles. The highest BCUT2D eigenvalue weighted by Crippen LogP contribution is 2.22. The zero-order valence-corrected chi connectivity index (χ0v) is 19.4. The van der Waals surface area contributed by atoms with Crippen LogP contribution in [0.5, 0.6) is 0 Å². The zero-order valence-electron chi connectivity index (χ0n) is 19.4. The molecule has 4 fully saturated rings. The van der Waals surface area contributed by atoms with Crippen LogP contribution in [0.25, 0.3) is 0 Å². The second-order valence-electron chi connectivity index (χ2n) is 9.48. The van der Waals surface area contributed by atoms with Gasteiger partial charge in [-0.25, -0.2) is 0 Å². The van der Waals surface area contributed by atoms with Crippen molar-refractivity contribution in [1.29, 1.82) is 0 Å². The Hall–Kier alpha value is -0.120. The van der Waals surface area contributed by atoms with E-state index in [-0.39, 0.29) is 22.3 Å². The Morgan fingerprint density at radius 1 is 0.400 bits per heavy atom. The maximum Gasteiger partial charge on any atom is -0.00213 e. The lowest BCUT2D eigenvalue weighted by atomic mass is 9.91. The summed E-state index contributed by atoms with van der Waals surface area (Å²) < 4.78 is 0. The summed E-state index contributed by atoms with van der Waals surface area (Å²) in [6.45, 7) is 10.3. The van der Waals surface area contributed by atoms with E-state index in [0.717, 1.165) is 5.92 Å². The van der Waals surface area contributed by atoms with Gasteiger partial charge in [-0.2, -0.15) is 0 Å². The summed E-state index contributed by atoms with van der Waals surface area (Å²) in [5, 5.41) is 0. The third-order valence-electron chi connectivity index (χ3n) is 6.38. The smallest absolute Gasteiger partial charge is 0.00213 e. The molecule has 3 nitrogen and oxygen atoms in total. The predicted octanol–water partition coefficient (Wildman–Crippen LogP) is 7.41. The SMILES string of the molecule is C.C.C.CC1CCCCC1.CN1CCCC1.CN1CCCCC1.CN1CCCCC1. The Bertz CT molecular complexity index is 259.